The van der Waals surface area contributed by atoms with Crippen molar-refractivity contribution in [1.29, 1.82) is 0 Å². The first-order valence-electron chi connectivity index (χ1n) is 42.1. The highest BCUT2D eigenvalue weighted by Crippen LogP contribution is 2.46. The summed E-state index contributed by atoms with van der Waals surface area (Å²) < 4.78 is 7.47. The average molecular weight is 1620 g/mol. The van der Waals surface area contributed by atoms with Crippen molar-refractivity contribution in [1.82, 2.24) is 34.1 Å². The maximum atomic E-state index is 5.17. The predicted octanol–water partition coefficient (Wildman–Crippen LogP) is 26.9. The van der Waals surface area contributed by atoms with Crippen molar-refractivity contribution in [3.05, 3.63) is 455 Å². The molecule has 6 heterocycles. The Morgan fingerprint density at radius 2 is 0.565 bits per heavy atom. The van der Waals surface area contributed by atoms with Gasteiger partial charge in [0, 0.05) is 86.5 Å². The molecule has 0 unspecified atom stereocenters. The van der Waals surface area contributed by atoms with Crippen molar-refractivity contribution < 1.29 is 0 Å². The van der Waals surface area contributed by atoms with E-state index in [2.05, 4.69) is 391 Å². The Kier molecular flexibility index (Phi) is 18.3. The smallest absolute Gasteiger partial charge is 0.181 e. The van der Waals surface area contributed by atoms with Gasteiger partial charge in [-0.25, -0.2) is 24.9 Å². The highest BCUT2D eigenvalue weighted by Gasteiger charge is 2.50. The molecule has 0 amide bonds. The van der Waals surface area contributed by atoms with E-state index in [1.54, 1.807) is 0 Å². The summed E-state index contributed by atoms with van der Waals surface area (Å²) >= 11 is 1.86. The molecule has 0 fully saturated rings. The maximum absolute atomic E-state index is 5.17. The number of hydrogen-bond donors (Lipinski definition) is 0. The van der Waals surface area contributed by atoms with Crippen LogP contribution in [0.5, 0.6) is 0 Å². The molecule has 0 aliphatic carbocycles. The Morgan fingerprint density at radius 3 is 1.15 bits per heavy atom. The third-order valence-corrected chi connectivity index (χ3v) is 30.6. The van der Waals surface area contributed by atoms with E-state index in [1.807, 2.05) is 84.1 Å². The zero-order valence-corrected chi connectivity index (χ0v) is 69.2. The summed E-state index contributed by atoms with van der Waals surface area (Å²) in [7, 11) is -2.71. The van der Waals surface area contributed by atoms with Crippen LogP contribution in [0.2, 0.25) is 0 Å². The molecule has 0 saturated heterocycles. The third-order valence-electron chi connectivity index (χ3n) is 24.6. The zero-order valence-electron chi connectivity index (χ0n) is 67.3. The normalized spacial score (nSPS) is 12.1. The second-order valence-electron chi connectivity index (χ2n) is 31.6. The molecule has 24 rings (SSSR count). The fraction of sp³-hybridized carbons (Fsp3) is 0. The Balaban J connectivity index is 0.000000146. The lowest BCUT2D eigenvalue weighted by atomic mass is 9.97. The molecular formula is C115H75N7SSi. The number of thiophene rings is 1. The van der Waals surface area contributed by atoms with Gasteiger partial charge >= 0.3 is 0 Å². The molecular weight excluding hydrogens is 1540 g/mol. The summed E-state index contributed by atoms with van der Waals surface area (Å²) in [4.78, 5) is 25.1. The predicted molar refractivity (Wildman–Crippen MR) is 520 cm³/mol. The molecule has 1 aliphatic rings. The lowest BCUT2D eigenvalue weighted by molar-refractivity contribution is 1.07. The Labute approximate surface area is 722 Å². The molecule has 0 bridgehead atoms. The Morgan fingerprint density at radius 1 is 0.202 bits per heavy atom. The second kappa shape index (κ2) is 31.0. The highest BCUT2D eigenvalue weighted by molar-refractivity contribution is 7.26. The maximum Gasteiger partial charge on any atom is 0.181 e. The summed E-state index contributed by atoms with van der Waals surface area (Å²) in [6, 6.07) is 164. The van der Waals surface area contributed by atoms with E-state index in [4.69, 9.17) is 24.9 Å². The minimum Gasteiger partial charge on any atom is -0.309 e. The minimum atomic E-state index is -2.71. The molecule has 5 aromatic heterocycles. The minimum absolute atomic E-state index is 0.644. The number of para-hydroxylation sites is 2. The topological polar surface area (TPSA) is 74.3 Å². The van der Waals surface area contributed by atoms with Gasteiger partial charge in [-0.15, -0.1) is 11.3 Å². The molecule has 0 radical (unpaired) electrons. The van der Waals surface area contributed by atoms with Gasteiger partial charge in [-0.1, -0.05) is 382 Å². The SMILES string of the molecule is c1ccc(-c2cc(-c3ccccc3)nc(-c3cccc(-c4cccc5c4c4ccccc4n5-c4ccc(-c5cccc6c5[Si](c5ccccc5)(c5ccccc5)c5ccccc5-6)cc4)c3)n2)cc1.c1ccc(-c2nc(-c3ccccc3)nc(-c3ccc(-c4cccc5c4c4ccccc4n5-c4cccc(-c5cccc6sc7ccccc7c56)c4)cc3)n2)cc1. The van der Waals surface area contributed by atoms with Gasteiger partial charge in [0.1, 0.15) is 0 Å². The van der Waals surface area contributed by atoms with E-state index in [1.165, 1.54) is 124 Å². The van der Waals surface area contributed by atoms with Gasteiger partial charge in [0.2, 0.25) is 0 Å². The van der Waals surface area contributed by atoms with Gasteiger partial charge in [-0.3, -0.25) is 0 Å². The first-order valence-corrected chi connectivity index (χ1v) is 44.9. The van der Waals surface area contributed by atoms with Gasteiger partial charge in [-0.05, 0) is 149 Å². The average Bonchev–Trinajstić information content (AvgIpc) is 1.52. The van der Waals surface area contributed by atoms with Crippen molar-refractivity contribution in [2.24, 2.45) is 0 Å². The van der Waals surface area contributed by atoms with E-state index in [-0.39, 0.29) is 0 Å². The van der Waals surface area contributed by atoms with Gasteiger partial charge in [0.05, 0.1) is 33.5 Å². The van der Waals surface area contributed by atoms with Crippen LogP contribution in [0.15, 0.2) is 455 Å². The standard InChI is InChI=1S/C64H43N3Si.C51H32N4S/c1-5-20-45(21-6-1)57-43-58(46-22-7-2-8-23-46)66-64(65-57)48-25-17-24-47(42-48)52-32-19-36-60-62(52)56-31-13-15-35-59(56)67(60)49-40-38-44(39-41-49)53-33-18-34-55-54-30-14-16-37-61(54)68(63(53)55,50-26-9-3-10-27-50)51-28-11-4-12-29-51;1-3-14-34(15-4-1)49-52-50(35-16-5-2-6-17-35)54-51(53-49)36-30-28-33(29-31-36)39-22-12-25-44-47(39)41-20-7-9-24-43(41)55(44)38-19-11-18-37(32-38)40-23-13-27-46-48(40)42-21-8-10-26-45(42)56-46/h1-43H;1-32H. The molecule has 23 aromatic rings. The molecule has 0 saturated carbocycles. The first kappa shape index (κ1) is 73.2. The van der Waals surface area contributed by atoms with Crippen LogP contribution >= 0.6 is 11.3 Å². The molecule has 18 aromatic carbocycles. The van der Waals surface area contributed by atoms with Gasteiger partial charge < -0.3 is 9.13 Å². The summed E-state index contributed by atoms with van der Waals surface area (Å²) in [5, 5.41) is 13.2. The van der Waals surface area contributed by atoms with Crippen LogP contribution in [0.25, 0.3) is 199 Å². The molecule has 9 heteroatoms. The molecule has 0 atom stereocenters. The molecule has 0 spiro atoms. The van der Waals surface area contributed by atoms with Crippen LogP contribution in [0.3, 0.4) is 0 Å². The number of hydrogen-bond acceptors (Lipinski definition) is 6. The van der Waals surface area contributed by atoms with Crippen molar-refractivity contribution in [2.75, 3.05) is 0 Å². The van der Waals surface area contributed by atoms with E-state index >= 15 is 0 Å². The van der Waals surface area contributed by atoms with Gasteiger partial charge in [0.15, 0.2) is 31.4 Å². The second-order valence-corrected chi connectivity index (χ2v) is 36.4. The lowest BCUT2D eigenvalue weighted by Gasteiger charge is -2.33. The Bertz CT molecular complexity index is 7860. The number of rotatable bonds is 14. The third kappa shape index (κ3) is 12.7. The molecule has 1 aliphatic heterocycles. The number of benzene rings is 18. The van der Waals surface area contributed by atoms with E-state index in [0.717, 1.165) is 72.8 Å². The number of fused-ring (bicyclic) bond motifs is 12. The van der Waals surface area contributed by atoms with Gasteiger partial charge in [-0.2, -0.15) is 0 Å². The fourth-order valence-corrected chi connectivity index (χ4v) is 25.6. The summed E-state index contributed by atoms with van der Waals surface area (Å²) in [5.41, 5.74) is 26.9. The number of nitrogens with zero attached hydrogens (tertiary/aromatic N) is 7. The van der Waals surface area contributed by atoms with Crippen LogP contribution in [0, 0.1) is 0 Å². The first-order chi connectivity index (χ1) is 61.5. The molecule has 580 valence electrons. The molecule has 7 nitrogen and oxygen atoms in total. The van der Waals surface area contributed by atoms with Gasteiger partial charge in [0.25, 0.3) is 0 Å². The molecule has 0 N–H and O–H groups in total. The van der Waals surface area contributed by atoms with Crippen molar-refractivity contribution in [3.63, 3.8) is 0 Å². The van der Waals surface area contributed by atoms with Crippen LogP contribution in [-0.4, -0.2) is 42.1 Å². The summed E-state index contributed by atoms with van der Waals surface area (Å²) in [5.74, 6) is 2.65. The Hall–Kier alpha value is -15.9. The highest BCUT2D eigenvalue weighted by atomic mass is 32.1. The zero-order chi connectivity index (χ0) is 82.0. The van der Waals surface area contributed by atoms with Crippen molar-refractivity contribution >= 4 is 104 Å². The van der Waals surface area contributed by atoms with E-state index < -0.39 is 8.07 Å². The van der Waals surface area contributed by atoms with Crippen molar-refractivity contribution in [2.45, 2.75) is 0 Å². The largest absolute Gasteiger partial charge is 0.309 e. The van der Waals surface area contributed by atoms with Crippen LogP contribution < -0.4 is 20.7 Å². The summed E-state index contributed by atoms with van der Waals surface area (Å²) in [6.45, 7) is 0. The van der Waals surface area contributed by atoms with Crippen LogP contribution in [-0.2, 0) is 0 Å². The van der Waals surface area contributed by atoms with E-state index in [0.29, 0.717) is 23.3 Å². The lowest BCUT2D eigenvalue weighted by Crippen LogP contribution is -2.73. The quantitative estimate of drug-likeness (QED) is 0.101. The summed E-state index contributed by atoms with van der Waals surface area (Å²) in [6.07, 6.45) is 0. The van der Waals surface area contributed by atoms with Crippen LogP contribution in [0.4, 0.5) is 0 Å². The fourth-order valence-electron chi connectivity index (χ4n) is 19.1. The van der Waals surface area contributed by atoms with E-state index in [9.17, 15) is 0 Å². The molecule has 124 heavy (non-hydrogen) atoms. The van der Waals surface area contributed by atoms with Crippen LogP contribution in [0.1, 0.15) is 0 Å². The van der Waals surface area contributed by atoms with Crippen molar-refractivity contribution in [3.8, 4) is 135 Å². The number of aromatic nitrogens is 7. The monoisotopic (exact) mass is 1610 g/mol.